The maximum absolute atomic E-state index is 11.5. The Hall–Kier alpha value is -0.800. The quantitative estimate of drug-likeness (QED) is 0.653. The van der Waals surface area contributed by atoms with Crippen LogP contribution in [0.3, 0.4) is 0 Å². The van der Waals surface area contributed by atoms with E-state index in [4.69, 9.17) is 0 Å². The second-order valence-electron chi connectivity index (χ2n) is 3.92. The van der Waals surface area contributed by atoms with Gasteiger partial charge < -0.3 is 5.32 Å². The van der Waals surface area contributed by atoms with Gasteiger partial charge in [0, 0.05) is 6.54 Å². The molecule has 0 spiro atoms. The Morgan fingerprint density at radius 2 is 2.31 bits per heavy atom. The average molecular weight is 188 g/mol. The van der Waals surface area contributed by atoms with E-state index in [0.29, 0.717) is 6.54 Å². The molecule has 1 saturated carbocycles. The van der Waals surface area contributed by atoms with Crippen LogP contribution in [0.4, 0.5) is 9.28 Å². The number of hydrogen-bond acceptors (Lipinski definition) is 1. The van der Waals surface area contributed by atoms with Crippen molar-refractivity contribution in [2.75, 3.05) is 6.54 Å². The zero-order chi connectivity index (χ0) is 9.68. The van der Waals surface area contributed by atoms with Gasteiger partial charge in [-0.2, -0.15) is 5.54 Å². The molecule has 1 aliphatic carbocycles. The van der Waals surface area contributed by atoms with Crippen LogP contribution in [0, 0.1) is 11.8 Å². The molecule has 0 aromatic heterocycles. The molecule has 0 bridgehead atoms. The number of carbonyl (C=O) groups excluding carboxylic acids is 1. The largest absolute Gasteiger partial charge is 0.342 e. The van der Waals surface area contributed by atoms with E-state index >= 15 is 0 Å². The molecular formula is C9H17FN2O. The van der Waals surface area contributed by atoms with E-state index in [9.17, 15) is 9.28 Å². The summed E-state index contributed by atoms with van der Waals surface area (Å²) in [6.07, 6.45) is 4.76. The van der Waals surface area contributed by atoms with Crippen molar-refractivity contribution in [2.24, 2.45) is 11.8 Å². The van der Waals surface area contributed by atoms with Crippen LogP contribution in [0.1, 0.15) is 32.6 Å². The Kier molecular flexibility index (Phi) is 3.99. The molecule has 76 valence electrons. The van der Waals surface area contributed by atoms with Crippen molar-refractivity contribution in [3.8, 4) is 0 Å². The lowest BCUT2D eigenvalue weighted by Gasteiger charge is -2.09. The molecule has 2 N–H and O–H groups in total. The fourth-order valence-corrected chi connectivity index (χ4v) is 2.01. The Morgan fingerprint density at radius 1 is 1.54 bits per heavy atom. The topological polar surface area (TPSA) is 41.1 Å². The first-order valence-electron chi connectivity index (χ1n) is 4.87. The third kappa shape index (κ3) is 3.61. The molecule has 4 heteroatoms. The molecule has 0 aliphatic heterocycles. The van der Waals surface area contributed by atoms with Crippen LogP contribution in [0.2, 0.25) is 0 Å². The standard InChI is InChI=1S/C9H17FN2O/c1-7-2-3-8(6-7)4-5-11-9(13)12-10/h7-8H,2-6H2,1H3,(H2,11,12,13). The Morgan fingerprint density at radius 3 is 2.85 bits per heavy atom. The summed E-state index contributed by atoms with van der Waals surface area (Å²) in [7, 11) is 0. The third-order valence-corrected chi connectivity index (χ3v) is 2.73. The minimum Gasteiger partial charge on any atom is -0.336 e. The molecule has 0 heterocycles. The second kappa shape index (κ2) is 5.04. The fourth-order valence-electron chi connectivity index (χ4n) is 2.01. The first-order valence-corrected chi connectivity index (χ1v) is 4.87. The molecule has 0 aromatic rings. The number of urea groups is 1. The highest BCUT2D eigenvalue weighted by Crippen LogP contribution is 2.31. The van der Waals surface area contributed by atoms with Gasteiger partial charge in [-0.1, -0.05) is 24.2 Å². The predicted octanol–water partition coefficient (Wildman–Crippen LogP) is 2.00. The summed E-state index contributed by atoms with van der Waals surface area (Å²) in [6, 6.07) is -0.731. The van der Waals surface area contributed by atoms with Crippen LogP contribution < -0.4 is 10.9 Å². The lowest BCUT2D eigenvalue weighted by atomic mass is 10.0. The highest BCUT2D eigenvalue weighted by atomic mass is 19.2. The molecule has 1 aliphatic rings. The Labute approximate surface area is 78.0 Å². The monoisotopic (exact) mass is 188 g/mol. The van der Waals surface area contributed by atoms with Gasteiger partial charge in [-0.15, -0.1) is 0 Å². The van der Waals surface area contributed by atoms with Gasteiger partial charge in [-0.05, 0) is 24.7 Å². The van der Waals surface area contributed by atoms with Crippen molar-refractivity contribution in [3.05, 3.63) is 0 Å². The summed E-state index contributed by atoms with van der Waals surface area (Å²) in [5.74, 6) is 1.54. The second-order valence-corrected chi connectivity index (χ2v) is 3.92. The molecule has 0 aromatic carbocycles. The number of hydrogen-bond donors (Lipinski definition) is 2. The highest BCUT2D eigenvalue weighted by molar-refractivity contribution is 5.72. The van der Waals surface area contributed by atoms with Crippen molar-refractivity contribution in [1.29, 1.82) is 0 Å². The van der Waals surface area contributed by atoms with Crippen LogP contribution in [-0.4, -0.2) is 12.6 Å². The maximum atomic E-state index is 11.5. The first kappa shape index (κ1) is 10.3. The molecule has 13 heavy (non-hydrogen) atoms. The van der Waals surface area contributed by atoms with E-state index in [1.165, 1.54) is 19.3 Å². The lowest BCUT2D eigenvalue weighted by Crippen LogP contribution is -2.31. The zero-order valence-electron chi connectivity index (χ0n) is 7.98. The molecule has 0 saturated heterocycles. The lowest BCUT2D eigenvalue weighted by molar-refractivity contribution is 0.216. The Bertz CT molecular complexity index is 175. The number of halogens is 1. The molecule has 2 amide bonds. The number of rotatable bonds is 3. The highest BCUT2D eigenvalue weighted by Gasteiger charge is 2.20. The molecule has 2 unspecified atom stereocenters. The van der Waals surface area contributed by atoms with Gasteiger partial charge in [0.1, 0.15) is 0 Å². The smallest absolute Gasteiger partial charge is 0.336 e. The van der Waals surface area contributed by atoms with E-state index < -0.39 is 6.03 Å². The van der Waals surface area contributed by atoms with E-state index in [0.717, 1.165) is 23.8 Å². The van der Waals surface area contributed by atoms with Crippen molar-refractivity contribution < 1.29 is 9.28 Å². The van der Waals surface area contributed by atoms with E-state index in [1.54, 1.807) is 0 Å². The average Bonchev–Trinajstić information content (AvgIpc) is 2.51. The molecular weight excluding hydrogens is 171 g/mol. The third-order valence-electron chi connectivity index (χ3n) is 2.73. The zero-order valence-corrected chi connectivity index (χ0v) is 7.98. The summed E-state index contributed by atoms with van der Waals surface area (Å²) in [6.45, 7) is 2.83. The summed E-state index contributed by atoms with van der Waals surface area (Å²) in [5.41, 5.74) is 1.05. The van der Waals surface area contributed by atoms with Crippen LogP contribution in [-0.2, 0) is 0 Å². The molecule has 2 atom stereocenters. The number of amides is 2. The van der Waals surface area contributed by atoms with E-state index in [-0.39, 0.29) is 0 Å². The predicted molar refractivity (Wildman–Crippen MR) is 48.8 cm³/mol. The maximum Gasteiger partial charge on any atom is 0.342 e. The van der Waals surface area contributed by atoms with Gasteiger partial charge in [0.2, 0.25) is 0 Å². The number of nitrogens with one attached hydrogen (secondary N) is 2. The van der Waals surface area contributed by atoms with Gasteiger partial charge in [-0.25, -0.2) is 4.79 Å². The van der Waals surface area contributed by atoms with Crippen molar-refractivity contribution in [1.82, 2.24) is 10.9 Å². The van der Waals surface area contributed by atoms with E-state index in [1.807, 2.05) is 0 Å². The SMILES string of the molecule is CC1CCC(CCNC(=O)NF)C1. The van der Waals surface area contributed by atoms with Gasteiger partial charge in [-0.3, -0.25) is 0 Å². The number of carbonyl (C=O) groups is 1. The van der Waals surface area contributed by atoms with Crippen LogP contribution in [0.15, 0.2) is 0 Å². The van der Waals surface area contributed by atoms with Gasteiger partial charge in [0.05, 0.1) is 0 Å². The molecule has 1 fully saturated rings. The summed E-state index contributed by atoms with van der Waals surface area (Å²) in [4.78, 5) is 10.5. The minimum atomic E-state index is -0.731. The first-order chi connectivity index (χ1) is 6.22. The van der Waals surface area contributed by atoms with Crippen LogP contribution in [0.25, 0.3) is 0 Å². The van der Waals surface area contributed by atoms with Crippen LogP contribution in [0.5, 0.6) is 0 Å². The van der Waals surface area contributed by atoms with Gasteiger partial charge in [0.25, 0.3) is 0 Å². The fraction of sp³-hybridized carbons (Fsp3) is 0.889. The minimum absolute atomic E-state index is 0.577. The normalized spacial score (nSPS) is 27.2. The van der Waals surface area contributed by atoms with Gasteiger partial charge >= 0.3 is 6.03 Å². The van der Waals surface area contributed by atoms with Crippen molar-refractivity contribution >= 4 is 6.03 Å². The van der Waals surface area contributed by atoms with E-state index in [2.05, 4.69) is 12.2 Å². The van der Waals surface area contributed by atoms with Crippen molar-refractivity contribution in [3.63, 3.8) is 0 Å². The summed E-state index contributed by atoms with van der Waals surface area (Å²) in [5, 5.41) is 2.45. The summed E-state index contributed by atoms with van der Waals surface area (Å²) < 4.78 is 11.5. The molecule has 3 nitrogen and oxygen atoms in total. The Balaban J connectivity index is 2.03. The molecule has 1 rings (SSSR count). The summed E-state index contributed by atoms with van der Waals surface area (Å²) >= 11 is 0. The van der Waals surface area contributed by atoms with Gasteiger partial charge in [0.15, 0.2) is 0 Å². The molecule has 0 radical (unpaired) electrons. The van der Waals surface area contributed by atoms with Crippen LogP contribution >= 0.6 is 0 Å². The van der Waals surface area contributed by atoms with Crippen molar-refractivity contribution in [2.45, 2.75) is 32.6 Å².